The van der Waals surface area contributed by atoms with Gasteiger partial charge in [0, 0.05) is 18.8 Å². The SMILES string of the molecule is Cc1ccccc1NC(=O)N(Cc1ccccc1)C[C@@H](C)O. The lowest BCUT2D eigenvalue weighted by atomic mass is 10.2. The highest BCUT2D eigenvalue weighted by Gasteiger charge is 2.16. The number of benzene rings is 2. The molecular weight excluding hydrogens is 276 g/mol. The molecule has 2 aromatic rings. The highest BCUT2D eigenvalue weighted by Crippen LogP contribution is 2.15. The van der Waals surface area contributed by atoms with E-state index in [1.54, 1.807) is 11.8 Å². The normalized spacial score (nSPS) is 11.8. The number of rotatable bonds is 5. The monoisotopic (exact) mass is 298 g/mol. The molecule has 0 fully saturated rings. The van der Waals surface area contributed by atoms with E-state index < -0.39 is 6.10 Å². The van der Waals surface area contributed by atoms with Crippen LogP contribution in [-0.2, 0) is 6.54 Å². The summed E-state index contributed by atoms with van der Waals surface area (Å²) in [6, 6.07) is 17.2. The summed E-state index contributed by atoms with van der Waals surface area (Å²) in [5.41, 5.74) is 2.83. The van der Waals surface area contributed by atoms with Crippen molar-refractivity contribution in [1.29, 1.82) is 0 Å². The number of aliphatic hydroxyl groups excluding tert-OH is 1. The first-order valence-corrected chi connectivity index (χ1v) is 7.40. The molecule has 4 nitrogen and oxygen atoms in total. The summed E-state index contributed by atoms with van der Waals surface area (Å²) >= 11 is 0. The number of para-hydroxylation sites is 1. The van der Waals surface area contributed by atoms with Crippen LogP contribution in [0.5, 0.6) is 0 Å². The number of urea groups is 1. The molecule has 0 saturated heterocycles. The number of nitrogens with zero attached hydrogens (tertiary/aromatic N) is 1. The molecule has 0 aliphatic heterocycles. The number of amides is 2. The predicted molar refractivity (Wildman–Crippen MR) is 88.7 cm³/mol. The Hall–Kier alpha value is -2.33. The lowest BCUT2D eigenvalue weighted by Gasteiger charge is -2.25. The van der Waals surface area contributed by atoms with E-state index in [9.17, 15) is 9.90 Å². The first-order chi connectivity index (χ1) is 10.6. The average molecular weight is 298 g/mol. The largest absolute Gasteiger partial charge is 0.392 e. The molecule has 2 N–H and O–H groups in total. The van der Waals surface area contributed by atoms with Gasteiger partial charge in [-0.05, 0) is 31.0 Å². The van der Waals surface area contributed by atoms with Crippen molar-refractivity contribution in [2.24, 2.45) is 0 Å². The van der Waals surface area contributed by atoms with Crippen molar-refractivity contribution in [2.75, 3.05) is 11.9 Å². The standard InChI is InChI=1S/C18H22N2O2/c1-14-8-6-7-11-17(14)19-18(22)20(12-15(2)21)13-16-9-4-3-5-10-16/h3-11,15,21H,12-13H2,1-2H3,(H,19,22)/t15-/m1/s1. The van der Waals surface area contributed by atoms with Gasteiger partial charge in [0.1, 0.15) is 0 Å². The molecular formula is C18H22N2O2. The van der Waals surface area contributed by atoms with Gasteiger partial charge in [0.2, 0.25) is 0 Å². The van der Waals surface area contributed by atoms with Crippen molar-refractivity contribution in [3.05, 3.63) is 65.7 Å². The zero-order valence-corrected chi connectivity index (χ0v) is 13.0. The van der Waals surface area contributed by atoms with Crippen molar-refractivity contribution in [1.82, 2.24) is 4.90 Å². The number of aliphatic hydroxyl groups is 1. The second-order valence-corrected chi connectivity index (χ2v) is 5.46. The minimum atomic E-state index is -0.577. The molecule has 0 bridgehead atoms. The number of hydrogen-bond acceptors (Lipinski definition) is 2. The minimum absolute atomic E-state index is 0.209. The Labute approximate surface area is 131 Å². The van der Waals surface area contributed by atoms with Gasteiger partial charge in [-0.25, -0.2) is 4.79 Å². The number of aryl methyl sites for hydroxylation is 1. The van der Waals surface area contributed by atoms with Crippen LogP contribution < -0.4 is 5.32 Å². The summed E-state index contributed by atoms with van der Waals surface area (Å²) in [7, 11) is 0. The maximum Gasteiger partial charge on any atom is 0.322 e. The van der Waals surface area contributed by atoms with Gasteiger partial charge in [-0.2, -0.15) is 0 Å². The molecule has 2 aromatic carbocycles. The van der Waals surface area contributed by atoms with Gasteiger partial charge in [0.05, 0.1) is 6.10 Å². The van der Waals surface area contributed by atoms with Gasteiger partial charge < -0.3 is 15.3 Å². The van der Waals surface area contributed by atoms with Crippen molar-refractivity contribution in [3.8, 4) is 0 Å². The first-order valence-electron chi connectivity index (χ1n) is 7.40. The van der Waals surface area contributed by atoms with Crippen LogP contribution >= 0.6 is 0 Å². The van der Waals surface area contributed by atoms with E-state index in [1.165, 1.54) is 0 Å². The van der Waals surface area contributed by atoms with E-state index in [0.29, 0.717) is 6.54 Å². The topological polar surface area (TPSA) is 52.6 Å². The number of hydrogen-bond donors (Lipinski definition) is 2. The Morgan fingerprint density at radius 1 is 1.14 bits per heavy atom. The Bertz CT molecular complexity index is 611. The van der Waals surface area contributed by atoms with Crippen LogP contribution in [-0.4, -0.2) is 28.7 Å². The molecule has 0 aliphatic carbocycles. The summed E-state index contributed by atoms with van der Waals surface area (Å²) in [5, 5.41) is 12.6. The molecule has 0 heterocycles. The summed E-state index contributed by atoms with van der Waals surface area (Å²) in [4.78, 5) is 14.1. The van der Waals surface area contributed by atoms with Gasteiger partial charge in [0.25, 0.3) is 0 Å². The lowest BCUT2D eigenvalue weighted by Crippen LogP contribution is -2.39. The fourth-order valence-electron chi connectivity index (χ4n) is 2.25. The van der Waals surface area contributed by atoms with Gasteiger partial charge >= 0.3 is 6.03 Å². The fraction of sp³-hybridized carbons (Fsp3) is 0.278. The highest BCUT2D eigenvalue weighted by atomic mass is 16.3. The Balaban J connectivity index is 2.11. The number of nitrogens with one attached hydrogen (secondary N) is 1. The first kappa shape index (κ1) is 16.0. The molecule has 1 atom stereocenters. The van der Waals surface area contributed by atoms with Crippen LogP contribution in [0.4, 0.5) is 10.5 Å². The molecule has 22 heavy (non-hydrogen) atoms. The minimum Gasteiger partial charge on any atom is -0.392 e. The molecule has 0 saturated carbocycles. The second kappa shape index (κ2) is 7.61. The molecule has 0 aliphatic rings. The van der Waals surface area contributed by atoms with Crippen LogP contribution in [0.15, 0.2) is 54.6 Å². The van der Waals surface area contributed by atoms with E-state index in [4.69, 9.17) is 0 Å². The second-order valence-electron chi connectivity index (χ2n) is 5.46. The van der Waals surface area contributed by atoms with Crippen LogP contribution in [0, 0.1) is 6.92 Å². The van der Waals surface area contributed by atoms with Crippen LogP contribution in [0.2, 0.25) is 0 Å². The zero-order chi connectivity index (χ0) is 15.9. The molecule has 0 unspecified atom stereocenters. The Kier molecular flexibility index (Phi) is 5.55. The maximum atomic E-state index is 12.5. The van der Waals surface area contributed by atoms with E-state index in [0.717, 1.165) is 16.8 Å². The summed E-state index contributed by atoms with van der Waals surface area (Å²) in [6.07, 6.45) is -0.577. The predicted octanol–water partition coefficient (Wildman–Crippen LogP) is 3.41. The summed E-state index contributed by atoms with van der Waals surface area (Å²) < 4.78 is 0. The van der Waals surface area contributed by atoms with E-state index in [2.05, 4.69) is 5.32 Å². The quantitative estimate of drug-likeness (QED) is 0.888. The smallest absolute Gasteiger partial charge is 0.322 e. The maximum absolute atomic E-state index is 12.5. The third-order valence-corrected chi connectivity index (χ3v) is 3.37. The van der Waals surface area contributed by atoms with Gasteiger partial charge in [-0.15, -0.1) is 0 Å². The van der Waals surface area contributed by atoms with Crippen LogP contribution in [0.3, 0.4) is 0 Å². The van der Waals surface area contributed by atoms with E-state index in [-0.39, 0.29) is 12.6 Å². The molecule has 2 amide bonds. The highest BCUT2D eigenvalue weighted by molar-refractivity contribution is 5.90. The zero-order valence-electron chi connectivity index (χ0n) is 13.0. The van der Waals surface area contributed by atoms with Crippen molar-refractivity contribution in [2.45, 2.75) is 26.5 Å². The van der Waals surface area contributed by atoms with Gasteiger partial charge in [0.15, 0.2) is 0 Å². The van der Waals surface area contributed by atoms with E-state index in [1.807, 2.05) is 61.5 Å². The van der Waals surface area contributed by atoms with Crippen molar-refractivity contribution >= 4 is 11.7 Å². The Morgan fingerprint density at radius 2 is 1.77 bits per heavy atom. The van der Waals surface area contributed by atoms with E-state index >= 15 is 0 Å². The Morgan fingerprint density at radius 3 is 2.41 bits per heavy atom. The molecule has 0 aromatic heterocycles. The molecule has 2 rings (SSSR count). The van der Waals surface area contributed by atoms with Gasteiger partial charge in [-0.1, -0.05) is 48.5 Å². The van der Waals surface area contributed by atoms with Gasteiger partial charge in [-0.3, -0.25) is 0 Å². The molecule has 0 radical (unpaired) electrons. The fourth-order valence-corrected chi connectivity index (χ4v) is 2.25. The number of anilines is 1. The van der Waals surface area contributed by atoms with Crippen LogP contribution in [0.25, 0.3) is 0 Å². The van der Waals surface area contributed by atoms with Crippen LogP contribution in [0.1, 0.15) is 18.1 Å². The average Bonchev–Trinajstić information content (AvgIpc) is 2.49. The molecule has 0 spiro atoms. The summed E-state index contributed by atoms with van der Waals surface area (Å²) in [5.74, 6) is 0. The lowest BCUT2D eigenvalue weighted by molar-refractivity contribution is 0.135. The number of carbonyl (C=O) groups excluding carboxylic acids is 1. The molecule has 4 heteroatoms. The third kappa shape index (κ3) is 4.60. The summed E-state index contributed by atoms with van der Waals surface area (Å²) in [6.45, 7) is 4.38. The number of carbonyl (C=O) groups is 1. The third-order valence-electron chi connectivity index (χ3n) is 3.37. The molecule has 116 valence electrons. The van der Waals surface area contributed by atoms with Crippen molar-refractivity contribution < 1.29 is 9.90 Å². The van der Waals surface area contributed by atoms with Crippen molar-refractivity contribution in [3.63, 3.8) is 0 Å².